The zero-order valence-electron chi connectivity index (χ0n) is 28.7. The molecule has 2 N–H and O–H groups in total. The molecule has 0 unspecified atom stereocenters. The second kappa shape index (κ2) is 17.9. The Kier molecular flexibility index (Phi) is 15.1. The normalized spacial score (nSPS) is 16.4. The molecule has 1 aromatic rings. The molecule has 0 radical (unpaired) electrons. The molecule has 2 saturated heterocycles. The van der Waals surface area contributed by atoms with Gasteiger partial charge in [-0.25, -0.2) is 9.59 Å². The number of nitrogens with zero attached hydrogens (tertiary/aromatic N) is 4. The van der Waals surface area contributed by atoms with Gasteiger partial charge in [0, 0.05) is 52.9 Å². The minimum Gasteiger partial charge on any atom is -0.444 e. The maximum atomic E-state index is 12.0. The van der Waals surface area contributed by atoms with Gasteiger partial charge in [0.25, 0.3) is 0 Å². The first kappa shape index (κ1) is 37.8. The number of rotatable bonds is 8. The van der Waals surface area contributed by atoms with Crippen LogP contribution in [0.5, 0.6) is 0 Å². The summed E-state index contributed by atoms with van der Waals surface area (Å²) in [6.45, 7) is 17.4. The predicted octanol–water partition coefficient (Wildman–Crippen LogP) is 5.32. The first-order valence-corrected chi connectivity index (χ1v) is 16.3. The molecule has 0 spiro atoms. The van der Waals surface area contributed by atoms with Gasteiger partial charge < -0.3 is 23.7 Å². The molecule has 0 bridgehead atoms. The number of aryl methyl sites for hydroxylation is 2. The van der Waals surface area contributed by atoms with Gasteiger partial charge >= 0.3 is 12.2 Å². The van der Waals surface area contributed by atoms with Crippen molar-refractivity contribution in [1.29, 1.82) is 0 Å². The lowest BCUT2D eigenvalue weighted by Crippen LogP contribution is -2.42. The van der Waals surface area contributed by atoms with E-state index in [-0.39, 0.29) is 24.0 Å². The van der Waals surface area contributed by atoms with Gasteiger partial charge in [-0.3, -0.25) is 20.4 Å². The molecular weight excluding hydrogens is 580 g/mol. The fourth-order valence-electron chi connectivity index (χ4n) is 5.21. The summed E-state index contributed by atoms with van der Waals surface area (Å²) in [4.78, 5) is 49.7. The Morgan fingerprint density at radius 3 is 1.64 bits per heavy atom. The number of hydrazine groups is 1. The molecule has 2 aliphatic heterocycles. The van der Waals surface area contributed by atoms with Gasteiger partial charge in [0.15, 0.2) is 0 Å². The third-order valence-electron chi connectivity index (χ3n) is 7.50. The Balaban J connectivity index is 0.000000314. The van der Waals surface area contributed by atoms with Crippen LogP contribution in [-0.2, 0) is 25.5 Å². The quantitative estimate of drug-likeness (QED) is 0.361. The average molecular weight is 637 g/mol. The molecule has 0 aromatic carbocycles. The van der Waals surface area contributed by atoms with Gasteiger partial charge in [-0.05, 0) is 105 Å². The summed E-state index contributed by atoms with van der Waals surface area (Å²) >= 11 is 0. The first-order chi connectivity index (χ1) is 21.0. The molecule has 45 heavy (non-hydrogen) atoms. The zero-order chi connectivity index (χ0) is 33.6. The van der Waals surface area contributed by atoms with Crippen LogP contribution < -0.4 is 10.9 Å². The largest absolute Gasteiger partial charge is 0.444 e. The summed E-state index contributed by atoms with van der Waals surface area (Å²) in [5.41, 5.74) is 3.75. The van der Waals surface area contributed by atoms with E-state index < -0.39 is 11.2 Å². The lowest BCUT2D eigenvalue weighted by Gasteiger charge is -2.33. The number of hydrogen-bond acceptors (Lipinski definition) is 9. The van der Waals surface area contributed by atoms with Gasteiger partial charge in [-0.15, -0.1) is 10.2 Å². The maximum absolute atomic E-state index is 12.0. The number of carbonyl (C=O) groups excluding carboxylic acids is 4. The van der Waals surface area contributed by atoms with Crippen molar-refractivity contribution in [2.75, 3.05) is 26.2 Å². The van der Waals surface area contributed by atoms with Crippen LogP contribution in [0.25, 0.3) is 0 Å². The SMILES string of the molecule is CC(=O)NNC(=O)CCCC1CCN(C(=O)OC(C)(C)C)CC1.Cc1nnc(CCCC2CCN(C(=O)OC(C)(C)C)CC2)o1. The summed E-state index contributed by atoms with van der Waals surface area (Å²) in [5, 5.41) is 7.85. The Hall–Kier alpha value is -3.38. The van der Waals surface area contributed by atoms with Crippen molar-refractivity contribution < 1.29 is 33.1 Å². The van der Waals surface area contributed by atoms with Gasteiger partial charge in [0.05, 0.1) is 0 Å². The summed E-state index contributed by atoms with van der Waals surface area (Å²) in [6.07, 6.45) is 8.70. The highest BCUT2D eigenvalue weighted by atomic mass is 16.6. The smallest absolute Gasteiger partial charge is 0.410 e. The van der Waals surface area contributed by atoms with Crippen LogP contribution in [-0.4, -0.2) is 81.4 Å². The van der Waals surface area contributed by atoms with E-state index in [0.717, 1.165) is 76.8 Å². The van der Waals surface area contributed by atoms with Crippen molar-refractivity contribution in [3.8, 4) is 0 Å². The van der Waals surface area contributed by atoms with Crippen molar-refractivity contribution in [2.24, 2.45) is 11.8 Å². The fourth-order valence-corrected chi connectivity index (χ4v) is 5.21. The van der Waals surface area contributed by atoms with Crippen LogP contribution in [0.15, 0.2) is 4.42 Å². The van der Waals surface area contributed by atoms with Crippen LogP contribution >= 0.6 is 0 Å². The Labute approximate surface area is 268 Å². The minimum atomic E-state index is -0.463. The standard InChI is InChI=1S/C16H29N3O4.C16H27N3O3/c1-12(20)17-18-14(21)7-5-6-13-8-10-19(11-9-13)15(22)23-16(2,3)4;1-12-17-18-14(21-12)7-5-6-13-8-10-19(11-9-13)15(20)22-16(2,3)4/h13H,5-11H2,1-4H3,(H,17,20)(H,18,21);13H,5-11H2,1-4H3. The zero-order valence-corrected chi connectivity index (χ0v) is 28.7. The number of amides is 4. The van der Waals surface area contributed by atoms with Crippen LogP contribution in [0.1, 0.15) is 118 Å². The van der Waals surface area contributed by atoms with Crippen LogP contribution in [0.4, 0.5) is 9.59 Å². The fraction of sp³-hybridized carbons (Fsp3) is 0.812. The molecule has 13 nitrogen and oxygen atoms in total. The van der Waals surface area contributed by atoms with E-state index in [9.17, 15) is 19.2 Å². The molecule has 13 heteroatoms. The monoisotopic (exact) mass is 636 g/mol. The molecule has 0 aliphatic carbocycles. The molecule has 4 amide bonds. The molecule has 1 aromatic heterocycles. The Morgan fingerprint density at radius 2 is 1.24 bits per heavy atom. The minimum absolute atomic E-state index is 0.175. The van der Waals surface area contributed by atoms with Gasteiger partial charge in [0.2, 0.25) is 23.6 Å². The van der Waals surface area contributed by atoms with Gasteiger partial charge in [-0.2, -0.15) is 0 Å². The lowest BCUT2D eigenvalue weighted by molar-refractivity contribution is -0.127. The molecule has 0 atom stereocenters. The van der Waals surface area contributed by atoms with E-state index in [1.807, 2.05) is 53.4 Å². The van der Waals surface area contributed by atoms with E-state index in [4.69, 9.17) is 13.9 Å². The van der Waals surface area contributed by atoms with Crippen LogP contribution in [0, 0.1) is 18.8 Å². The van der Waals surface area contributed by atoms with E-state index in [2.05, 4.69) is 21.0 Å². The number of hydrogen-bond donors (Lipinski definition) is 2. The average Bonchev–Trinajstić information content (AvgIpc) is 3.36. The van der Waals surface area contributed by atoms with Crippen molar-refractivity contribution in [1.82, 2.24) is 30.8 Å². The molecule has 3 heterocycles. The highest BCUT2D eigenvalue weighted by Gasteiger charge is 2.28. The van der Waals surface area contributed by atoms with E-state index in [1.165, 1.54) is 6.92 Å². The summed E-state index contributed by atoms with van der Waals surface area (Å²) in [6, 6.07) is 0. The van der Waals surface area contributed by atoms with E-state index in [0.29, 0.717) is 37.2 Å². The predicted molar refractivity (Wildman–Crippen MR) is 169 cm³/mol. The second-order valence-electron chi connectivity index (χ2n) is 14.1. The molecular formula is C32H56N6O7. The van der Waals surface area contributed by atoms with Crippen molar-refractivity contribution in [3.63, 3.8) is 0 Å². The number of likely N-dealkylation sites (tertiary alicyclic amines) is 2. The maximum Gasteiger partial charge on any atom is 0.410 e. The van der Waals surface area contributed by atoms with E-state index >= 15 is 0 Å². The van der Waals surface area contributed by atoms with Crippen molar-refractivity contribution in [2.45, 2.75) is 131 Å². The highest BCUT2D eigenvalue weighted by molar-refractivity contribution is 5.80. The molecule has 3 rings (SSSR count). The summed E-state index contributed by atoms with van der Waals surface area (Å²) in [7, 11) is 0. The number of aromatic nitrogens is 2. The van der Waals surface area contributed by atoms with Gasteiger partial charge in [0.1, 0.15) is 11.2 Å². The number of piperidine rings is 2. The first-order valence-electron chi connectivity index (χ1n) is 16.3. The third-order valence-corrected chi connectivity index (χ3v) is 7.50. The van der Waals surface area contributed by atoms with Crippen molar-refractivity contribution in [3.05, 3.63) is 11.8 Å². The Bertz CT molecular complexity index is 1080. The Morgan fingerprint density at radius 1 is 0.778 bits per heavy atom. The van der Waals surface area contributed by atoms with Gasteiger partial charge in [-0.1, -0.05) is 0 Å². The topological polar surface area (TPSA) is 156 Å². The second-order valence-corrected chi connectivity index (χ2v) is 14.1. The molecule has 256 valence electrons. The molecule has 0 saturated carbocycles. The number of carbonyl (C=O) groups is 4. The summed E-state index contributed by atoms with van der Waals surface area (Å²) in [5.74, 6) is 2.09. The van der Waals surface area contributed by atoms with Crippen LogP contribution in [0.3, 0.4) is 0 Å². The number of ether oxygens (including phenoxy) is 2. The van der Waals surface area contributed by atoms with E-state index in [1.54, 1.807) is 4.90 Å². The number of nitrogens with one attached hydrogen (secondary N) is 2. The third kappa shape index (κ3) is 16.5. The highest BCUT2D eigenvalue weighted by Crippen LogP contribution is 2.25. The summed E-state index contributed by atoms with van der Waals surface area (Å²) < 4.78 is 16.2. The molecule has 2 fully saturated rings. The lowest BCUT2D eigenvalue weighted by atomic mass is 9.91. The van der Waals surface area contributed by atoms with Crippen molar-refractivity contribution >= 4 is 24.0 Å². The molecule has 2 aliphatic rings. The van der Waals surface area contributed by atoms with Crippen LogP contribution in [0.2, 0.25) is 0 Å².